The summed E-state index contributed by atoms with van der Waals surface area (Å²) in [6.07, 6.45) is 6.10. The summed E-state index contributed by atoms with van der Waals surface area (Å²) in [5.41, 5.74) is 3.33. The number of nitrogens with one attached hydrogen (secondary N) is 4. The minimum absolute atomic E-state index is 0.288. The van der Waals surface area contributed by atoms with Crippen molar-refractivity contribution < 1.29 is 0 Å². The molecule has 0 bridgehead atoms. The number of hydrogen-bond donors (Lipinski definition) is 4. The fourth-order valence-corrected chi connectivity index (χ4v) is 3.43. The summed E-state index contributed by atoms with van der Waals surface area (Å²) >= 11 is 0. The Morgan fingerprint density at radius 3 is 2.90 bits per heavy atom. The Bertz CT molecular complexity index is 1390. The fraction of sp³-hybridized carbons (Fsp3) is 0.227. The van der Waals surface area contributed by atoms with Crippen LogP contribution in [0.25, 0.3) is 18.3 Å². The Labute approximate surface area is 172 Å². The molecule has 3 aromatic heterocycles. The summed E-state index contributed by atoms with van der Waals surface area (Å²) in [6.45, 7) is 6.84. The van der Waals surface area contributed by atoms with Crippen molar-refractivity contribution in [2.45, 2.75) is 19.8 Å². The van der Waals surface area contributed by atoms with Gasteiger partial charge in [-0.15, -0.1) is 0 Å². The lowest BCUT2D eigenvalue weighted by molar-refractivity contribution is 0.857. The molecule has 1 saturated carbocycles. The van der Waals surface area contributed by atoms with Crippen LogP contribution in [0.2, 0.25) is 0 Å². The van der Waals surface area contributed by atoms with Crippen molar-refractivity contribution in [3.63, 3.8) is 0 Å². The Morgan fingerprint density at radius 2 is 2.17 bits per heavy atom. The van der Waals surface area contributed by atoms with E-state index in [0.29, 0.717) is 16.3 Å². The molecule has 8 heteroatoms. The summed E-state index contributed by atoms with van der Waals surface area (Å²) < 4.78 is 1.79. The highest BCUT2D eigenvalue weighted by atomic mass is 16.1. The normalized spacial score (nSPS) is 14.4. The van der Waals surface area contributed by atoms with Gasteiger partial charge in [-0.05, 0) is 49.5 Å². The summed E-state index contributed by atoms with van der Waals surface area (Å²) in [6, 6.07) is 10.1. The highest BCUT2D eigenvalue weighted by Crippen LogP contribution is 2.30. The molecule has 1 aromatic carbocycles. The topological polar surface area (TPSA) is 103 Å². The SMILES string of the molecule is C=c1[nH]c(=O)[nH]/c1=C\c1cnn2c(NCC3CC3)cc(Nc3cccc(C)c3)nc12. The van der Waals surface area contributed by atoms with Crippen LogP contribution in [0.5, 0.6) is 0 Å². The zero-order valence-corrected chi connectivity index (χ0v) is 16.7. The van der Waals surface area contributed by atoms with Gasteiger partial charge in [0.2, 0.25) is 0 Å². The number of aromatic nitrogens is 5. The number of nitrogens with zero attached hydrogens (tertiary/aromatic N) is 3. The number of hydrogen-bond acceptors (Lipinski definition) is 5. The van der Waals surface area contributed by atoms with Crippen molar-refractivity contribution in [1.82, 2.24) is 24.6 Å². The first-order valence-electron chi connectivity index (χ1n) is 10.0. The number of fused-ring (bicyclic) bond motifs is 1. The fourth-order valence-electron chi connectivity index (χ4n) is 3.43. The second-order valence-corrected chi connectivity index (χ2v) is 7.80. The average Bonchev–Trinajstić information content (AvgIpc) is 3.37. The highest BCUT2D eigenvalue weighted by Gasteiger charge is 2.21. The molecule has 0 saturated heterocycles. The molecule has 0 amide bonds. The van der Waals surface area contributed by atoms with E-state index >= 15 is 0 Å². The largest absolute Gasteiger partial charge is 0.370 e. The lowest BCUT2D eigenvalue weighted by Crippen LogP contribution is -2.22. The minimum atomic E-state index is -0.288. The maximum Gasteiger partial charge on any atom is 0.323 e. The lowest BCUT2D eigenvalue weighted by atomic mass is 10.2. The van der Waals surface area contributed by atoms with Gasteiger partial charge in [0.05, 0.1) is 16.9 Å². The summed E-state index contributed by atoms with van der Waals surface area (Å²) in [5.74, 6) is 2.32. The van der Waals surface area contributed by atoms with E-state index in [9.17, 15) is 4.79 Å². The van der Waals surface area contributed by atoms with E-state index in [1.54, 1.807) is 10.7 Å². The molecule has 1 aliphatic carbocycles. The summed E-state index contributed by atoms with van der Waals surface area (Å²) in [4.78, 5) is 21.7. The third-order valence-corrected chi connectivity index (χ3v) is 5.20. The van der Waals surface area contributed by atoms with E-state index in [0.717, 1.165) is 35.3 Å². The van der Waals surface area contributed by atoms with Gasteiger partial charge in [0.15, 0.2) is 5.65 Å². The molecule has 4 aromatic rings. The highest BCUT2D eigenvalue weighted by molar-refractivity contribution is 5.71. The molecule has 0 atom stereocenters. The maximum atomic E-state index is 11.6. The van der Waals surface area contributed by atoms with Crippen LogP contribution < -0.4 is 27.0 Å². The van der Waals surface area contributed by atoms with Gasteiger partial charge in [-0.3, -0.25) is 0 Å². The minimum Gasteiger partial charge on any atom is -0.370 e. The number of rotatable bonds is 6. The number of benzene rings is 1. The summed E-state index contributed by atoms with van der Waals surface area (Å²) in [7, 11) is 0. The standard InChI is InChI=1S/C22H23N7O/c1-13-4-3-5-17(8-13)26-19-10-20(23-11-15-6-7-15)29-21(28-19)16(12-24-29)9-18-14(2)25-22(30)27-18/h3-5,8-10,12,15,23H,2,6-7,11H2,1H3,(H,26,28)(H2,25,27,30)/b18-9-. The molecule has 152 valence electrons. The molecule has 0 radical (unpaired) electrons. The van der Waals surface area contributed by atoms with E-state index in [1.807, 2.05) is 24.3 Å². The van der Waals surface area contributed by atoms with Crippen LogP contribution in [0.3, 0.4) is 0 Å². The van der Waals surface area contributed by atoms with Crippen LogP contribution in [0.1, 0.15) is 24.0 Å². The third kappa shape index (κ3) is 3.71. The Balaban J connectivity index is 1.61. The quantitative estimate of drug-likeness (QED) is 0.395. The molecule has 1 fully saturated rings. The number of H-pyrrole nitrogens is 2. The smallest absolute Gasteiger partial charge is 0.323 e. The molecule has 5 rings (SSSR count). The molecule has 0 spiro atoms. The zero-order valence-electron chi connectivity index (χ0n) is 16.7. The van der Waals surface area contributed by atoms with Gasteiger partial charge in [0.1, 0.15) is 11.6 Å². The van der Waals surface area contributed by atoms with Crippen LogP contribution in [0, 0.1) is 12.8 Å². The van der Waals surface area contributed by atoms with Gasteiger partial charge in [0, 0.05) is 23.9 Å². The van der Waals surface area contributed by atoms with E-state index in [-0.39, 0.29) is 5.69 Å². The van der Waals surface area contributed by atoms with Crippen LogP contribution >= 0.6 is 0 Å². The molecule has 0 unspecified atom stereocenters. The molecule has 0 aliphatic heterocycles. The molecule has 1 aliphatic rings. The third-order valence-electron chi connectivity index (χ3n) is 5.20. The number of imidazole rings is 1. The van der Waals surface area contributed by atoms with Gasteiger partial charge in [-0.25, -0.2) is 9.78 Å². The van der Waals surface area contributed by atoms with E-state index in [4.69, 9.17) is 4.98 Å². The predicted octanol–water partition coefficient (Wildman–Crippen LogP) is 1.86. The second kappa shape index (κ2) is 7.22. The molecule has 30 heavy (non-hydrogen) atoms. The van der Waals surface area contributed by atoms with Crippen LogP contribution in [0.4, 0.5) is 17.3 Å². The predicted molar refractivity (Wildman–Crippen MR) is 118 cm³/mol. The molecular formula is C22H23N7O. The van der Waals surface area contributed by atoms with E-state index in [2.05, 4.69) is 51.3 Å². The molecule has 8 nitrogen and oxygen atoms in total. The first-order chi connectivity index (χ1) is 14.5. The van der Waals surface area contributed by atoms with Crippen molar-refractivity contribution in [1.29, 1.82) is 0 Å². The van der Waals surface area contributed by atoms with Crippen molar-refractivity contribution in [3.8, 4) is 0 Å². The molecule has 3 heterocycles. The van der Waals surface area contributed by atoms with Crippen molar-refractivity contribution in [3.05, 3.63) is 68.8 Å². The van der Waals surface area contributed by atoms with Crippen LogP contribution in [0.15, 0.2) is 41.3 Å². The van der Waals surface area contributed by atoms with E-state index < -0.39 is 0 Å². The van der Waals surface area contributed by atoms with Crippen molar-refractivity contribution >= 4 is 35.6 Å². The van der Waals surface area contributed by atoms with Crippen molar-refractivity contribution in [2.24, 2.45) is 5.92 Å². The zero-order chi connectivity index (χ0) is 20.7. The Morgan fingerprint density at radius 1 is 1.30 bits per heavy atom. The number of aryl methyl sites for hydroxylation is 1. The first kappa shape index (κ1) is 18.2. The second-order valence-electron chi connectivity index (χ2n) is 7.80. The van der Waals surface area contributed by atoms with Gasteiger partial charge in [0.25, 0.3) is 0 Å². The van der Waals surface area contributed by atoms with E-state index in [1.165, 1.54) is 18.4 Å². The number of aromatic amines is 2. The number of anilines is 3. The molecular weight excluding hydrogens is 378 g/mol. The lowest BCUT2D eigenvalue weighted by Gasteiger charge is -2.12. The Kier molecular flexibility index (Phi) is 4.39. The van der Waals surface area contributed by atoms with Gasteiger partial charge in [-0.2, -0.15) is 9.61 Å². The van der Waals surface area contributed by atoms with Crippen LogP contribution in [-0.2, 0) is 0 Å². The Hall–Kier alpha value is -3.81. The summed E-state index contributed by atoms with van der Waals surface area (Å²) in [5, 5.41) is 12.6. The monoisotopic (exact) mass is 401 g/mol. The maximum absolute atomic E-state index is 11.6. The average molecular weight is 401 g/mol. The van der Waals surface area contributed by atoms with Crippen LogP contribution in [-0.4, -0.2) is 31.1 Å². The van der Waals surface area contributed by atoms with Gasteiger partial charge in [-0.1, -0.05) is 18.7 Å². The first-order valence-corrected chi connectivity index (χ1v) is 10.0. The molecule has 4 N–H and O–H groups in total. The van der Waals surface area contributed by atoms with Crippen molar-refractivity contribution in [2.75, 3.05) is 17.2 Å². The van der Waals surface area contributed by atoms with Gasteiger partial charge >= 0.3 is 5.69 Å². The van der Waals surface area contributed by atoms with Gasteiger partial charge < -0.3 is 20.6 Å².